The minimum absolute atomic E-state index is 0.0599. The van der Waals surface area contributed by atoms with Gasteiger partial charge in [0, 0.05) is 46.7 Å². The third-order valence-corrected chi connectivity index (χ3v) is 8.19. The Bertz CT molecular complexity index is 1360. The number of aliphatic hydroxyl groups excluding tert-OH is 2. The average Bonchev–Trinajstić information content (AvgIpc) is 3.35. The van der Waals surface area contributed by atoms with Crippen LogP contribution in [0.25, 0.3) is 0 Å². The smallest absolute Gasteiger partial charge is 0.252 e. The molecule has 2 aliphatic rings. The second-order valence-corrected chi connectivity index (χ2v) is 11.4. The molecule has 3 N–H and O–H groups in total. The Morgan fingerprint density at radius 3 is 2.44 bits per heavy atom. The maximum Gasteiger partial charge on any atom is 0.252 e. The van der Waals surface area contributed by atoms with Gasteiger partial charge in [-0.2, -0.15) is 0 Å². The average molecular weight is 598 g/mol. The summed E-state index contributed by atoms with van der Waals surface area (Å²) in [6, 6.07) is 22.1. The van der Waals surface area contributed by atoms with Crippen molar-refractivity contribution in [2.45, 2.75) is 62.3 Å². The molecule has 3 aromatic carbocycles. The number of halogens is 2. The first-order valence-electron chi connectivity index (χ1n) is 14.0. The van der Waals surface area contributed by atoms with Crippen LogP contribution in [0.3, 0.4) is 0 Å². The van der Waals surface area contributed by atoms with Crippen molar-refractivity contribution in [1.82, 2.24) is 5.32 Å². The third kappa shape index (κ3) is 6.87. The highest BCUT2D eigenvalue weighted by Crippen LogP contribution is 2.45. The number of amides is 1. The van der Waals surface area contributed by atoms with Crippen LogP contribution in [0.15, 0.2) is 77.8 Å². The highest BCUT2D eigenvalue weighted by Gasteiger charge is 2.54. The predicted molar refractivity (Wildman–Crippen MR) is 160 cm³/mol. The van der Waals surface area contributed by atoms with Crippen LogP contribution in [0.2, 0.25) is 10.0 Å². The summed E-state index contributed by atoms with van der Waals surface area (Å²) in [6.07, 6.45) is 2.32. The van der Waals surface area contributed by atoms with E-state index in [0.29, 0.717) is 71.5 Å². The maximum absolute atomic E-state index is 14.4. The zero-order valence-corrected chi connectivity index (χ0v) is 24.2. The lowest BCUT2D eigenvalue weighted by Crippen LogP contribution is -2.53. The number of hydrogen-bond donors (Lipinski definition) is 3. The quantitative estimate of drug-likeness (QED) is 0.262. The first-order valence-corrected chi connectivity index (χ1v) is 14.7. The van der Waals surface area contributed by atoms with Gasteiger partial charge in [-0.05, 0) is 67.6 Å². The summed E-state index contributed by atoms with van der Waals surface area (Å²) in [5, 5.41) is 23.1. The highest BCUT2D eigenvalue weighted by molar-refractivity contribution is 6.35. The molecular formula is C32H34Cl2N2O5. The molecule has 3 aromatic rings. The van der Waals surface area contributed by atoms with E-state index in [-0.39, 0.29) is 31.1 Å². The Kier molecular flexibility index (Phi) is 9.50. The van der Waals surface area contributed by atoms with E-state index >= 15 is 0 Å². The van der Waals surface area contributed by atoms with Crippen LogP contribution >= 0.6 is 23.2 Å². The summed E-state index contributed by atoms with van der Waals surface area (Å²) in [5.41, 5.74) is 0.876. The molecule has 0 spiro atoms. The van der Waals surface area contributed by atoms with Crippen molar-refractivity contribution in [3.8, 4) is 5.75 Å². The molecule has 0 saturated heterocycles. The van der Waals surface area contributed by atoms with Crippen molar-refractivity contribution >= 4 is 35.0 Å². The van der Waals surface area contributed by atoms with Crippen molar-refractivity contribution in [2.24, 2.45) is 4.99 Å². The lowest BCUT2D eigenvalue weighted by atomic mass is 9.81. The van der Waals surface area contributed by atoms with Crippen LogP contribution in [0.4, 0.5) is 0 Å². The molecule has 1 heterocycles. The molecule has 41 heavy (non-hydrogen) atoms. The molecular weight excluding hydrogens is 563 g/mol. The van der Waals surface area contributed by atoms with Gasteiger partial charge in [0.05, 0.1) is 12.7 Å². The molecule has 0 unspecified atom stereocenters. The molecule has 0 radical (unpaired) electrons. The Balaban J connectivity index is 1.55. The second kappa shape index (κ2) is 13.3. The first kappa shape index (κ1) is 29.4. The van der Waals surface area contributed by atoms with E-state index in [0.717, 1.165) is 5.56 Å². The fraction of sp³-hybridized carbons (Fsp3) is 0.375. The van der Waals surface area contributed by atoms with Gasteiger partial charge in [-0.15, -0.1) is 0 Å². The minimum Gasteiger partial charge on any atom is -0.494 e. The van der Waals surface area contributed by atoms with Crippen LogP contribution in [0.5, 0.6) is 5.75 Å². The fourth-order valence-electron chi connectivity index (χ4n) is 5.41. The van der Waals surface area contributed by atoms with Crippen LogP contribution in [-0.2, 0) is 16.0 Å². The number of aliphatic hydroxyl groups is 2. The SMILES string of the molecule is O=C(NC1CCC(O)CC1)[C@]1(Cc2ccccc2)N=C(c2ccc(OCCCO)cc2)O[C@@H]1c1ccc(Cl)cc1Cl. The molecule has 2 atom stereocenters. The van der Waals surface area contributed by atoms with Crippen LogP contribution in [0.1, 0.15) is 54.9 Å². The molecule has 1 aliphatic heterocycles. The van der Waals surface area contributed by atoms with Crippen LogP contribution in [-0.4, -0.2) is 52.9 Å². The number of aliphatic imine (C=N–C) groups is 1. The minimum atomic E-state index is -1.36. The van der Waals surface area contributed by atoms with Crippen molar-refractivity contribution in [3.63, 3.8) is 0 Å². The topological polar surface area (TPSA) is 100 Å². The number of benzene rings is 3. The van der Waals surface area contributed by atoms with Crippen LogP contribution < -0.4 is 10.1 Å². The number of nitrogens with one attached hydrogen (secondary N) is 1. The highest BCUT2D eigenvalue weighted by atomic mass is 35.5. The molecule has 5 rings (SSSR count). The zero-order chi connectivity index (χ0) is 28.8. The molecule has 7 nitrogen and oxygen atoms in total. The molecule has 1 saturated carbocycles. The van der Waals surface area contributed by atoms with E-state index in [2.05, 4.69) is 5.32 Å². The molecule has 1 fully saturated rings. The van der Waals surface area contributed by atoms with E-state index in [9.17, 15) is 9.90 Å². The van der Waals surface area contributed by atoms with Crippen molar-refractivity contribution in [2.75, 3.05) is 13.2 Å². The summed E-state index contributed by atoms with van der Waals surface area (Å²) in [6.45, 7) is 0.466. The van der Waals surface area contributed by atoms with Gasteiger partial charge in [-0.1, -0.05) is 59.6 Å². The van der Waals surface area contributed by atoms with Gasteiger partial charge in [0.2, 0.25) is 5.90 Å². The summed E-state index contributed by atoms with van der Waals surface area (Å²) >= 11 is 13.0. The van der Waals surface area contributed by atoms with E-state index < -0.39 is 11.6 Å². The van der Waals surface area contributed by atoms with Gasteiger partial charge in [0.25, 0.3) is 5.91 Å². The fourth-order valence-corrected chi connectivity index (χ4v) is 5.92. The Morgan fingerprint density at radius 2 is 1.76 bits per heavy atom. The first-order chi connectivity index (χ1) is 19.9. The summed E-state index contributed by atoms with van der Waals surface area (Å²) in [7, 11) is 0. The zero-order valence-electron chi connectivity index (χ0n) is 22.6. The van der Waals surface area contributed by atoms with Gasteiger partial charge >= 0.3 is 0 Å². The van der Waals surface area contributed by atoms with Gasteiger partial charge < -0.3 is 25.0 Å². The Labute approximate surface area is 250 Å². The monoisotopic (exact) mass is 596 g/mol. The molecule has 1 aliphatic carbocycles. The van der Waals surface area contributed by atoms with E-state index in [1.807, 2.05) is 54.6 Å². The van der Waals surface area contributed by atoms with E-state index in [4.69, 9.17) is 42.8 Å². The molecule has 216 valence electrons. The molecule has 1 amide bonds. The number of rotatable bonds is 10. The van der Waals surface area contributed by atoms with Crippen LogP contribution in [0, 0.1) is 0 Å². The number of carbonyl (C=O) groups excluding carboxylic acids is 1. The van der Waals surface area contributed by atoms with Crippen molar-refractivity contribution < 1.29 is 24.5 Å². The largest absolute Gasteiger partial charge is 0.494 e. The summed E-state index contributed by atoms with van der Waals surface area (Å²) in [5.74, 6) is 0.733. The Morgan fingerprint density at radius 1 is 1.02 bits per heavy atom. The molecule has 9 heteroatoms. The lowest BCUT2D eigenvalue weighted by molar-refractivity contribution is -0.130. The van der Waals surface area contributed by atoms with E-state index in [1.54, 1.807) is 18.2 Å². The summed E-state index contributed by atoms with van der Waals surface area (Å²) < 4.78 is 12.2. The molecule has 0 bridgehead atoms. The van der Waals surface area contributed by atoms with E-state index in [1.165, 1.54) is 0 Å². The second-order valence-electron chi connectivity index (χ2n) is 10.6. The lowest BCUT2D eigenvalue weighted by Gasteiger charge is -2.34. The summed E-state index contributed by atoms with van der Waals surface area (Å²) in [4.78, 5) is 19.5. The number of hydrogen-bond acceptors (Lipinski definition) is 6. The number of ether oxygens (including phenoxy) is 2. The number of nitrogens with zero attached hydrogens (tertiary/aromatic N) is 1. The normalized spacial score (nSPS) is 23.9. The van der Waals surface area contributed by atoms with Gasteiger partial charge in [0.15, 0.2) is 11.6 Å². The number of carbonyl (C=O) groups is 1. The van der Waals surface area contributed by atoms with Gasteiger partial charge in [-0.3, -0.25) is 4.79 Å². The van der Waals surface area contributed by atoms with Crippen molar-refractivity contribution in [3.05, 3.63) is 99.5 Å². The molecule has 0 aromatic heterocycles. The van der Waals surface area contributed by atoms with Crippen molar-refractivity contribution in [1.29, 1.82) is 0 Å². The maximum atomic E-state index is 14.4. The standard InChI is InChI=1S/C32H34Cl2N2O5/c33-23-9-16-27(28(34)19-23)29-32(20-21-5-2-1-3-6-21,31(39)35-24-10-12-25(38)13-11-24)36-30(41-29)22-7-14-26(15-8-22)40-18-4-17-37/h1-3,5-9,14-16,19,24-25,29,37-38H,4,10-13,17-18,20H2,(H,35,39)/t24?,25?,29-,32-/m1/s1. The predicted octanol–water partition coefficient (Wildman–Crippen LogP) is 5.67. The van der Waals surface area contributed by atoms with Gasteiger partial charge in [-0.25, -0.2) is 4.99 Å². The Hall–Kier alpha value is -3.10. The third-order valence-electron chi connectivity index (χ3n) is 7.62. The van der Waals surface area contributed by atoms with Gasteiger partial charge in [0.1, 0.15) is 5.75 Å².